The third-order valence-corrected chi connectivity index (χ3v) is 3.04. The summed E-state index contributed by atoms with van der Waals surface area (Å²) in [6.45, 7) is 0. The second kappa shape index (κ2) is 4.23. The summed E-state index contributed by atoms with van der Waals surface area (Å²) in [5.74, 6) is 0.444. The molecule has 1 saturated carbocycles. The third kappa shape index (κ3) is 1.84. The fourth-order valence-corrected chi connectivity index (χ4v) is 2.09. The van der Waals surface area contributed by atoms with Gasteiger partial charge in [-0.05, 0) is 42.5 Å². The first-order valence-corrected chi connectivity index (χ1v) is 5.17. The quantitative estimate of drug-likeness (QED) is 0.747. The highest BCUT2D eigenvalue weighted by Gasteiger charge is 2.31. The van der Waals surface area contributed by atoms with Gasteiger partial charge in [0.05, 0.1) is 11.6 Å². The number of aromatic hydroxyl groups is 1. The van der Waals surface area contributed by atoms with Gasteiger partial charge in [0.25, 0.3) is 0 Å². The SMILES string of the molecule is N#Cc1ccc(O)cc1C1CC(NC=O)C1. The van der Waals surface area contributed by atoms with E-state index >= 15 is 0 Å². The number of nitrogens with one attached hydrogen (secondary N) is 1. The summed E-state index contributed by atoms with van der Waals surface area (Å²) >= 11 is 0. The van der Waals surface area contributed by atoms with Crippen LogP contribution in [0.25, 0.3) is 0 Å². The first kappa shape index (κ1) is 10.5. The maximum absolute atomic E-state index is 10.2. The van der Waals surface area contributed by atoms with Crippen LogP contribution in [0.5, 0.6) is 5.75 Å². The number of carbonyl (C=O) groups is 1. The van der Waals surface area contributed by atoms with Gasteiger partial charge in [-0.3, -0.25) is 4.79 Å². The van der Waals surface area contributed by atoms with E-state index in [0.29, 0.717) is 12.0 Å². The Morgan fingerprint density at radius 2 is 2.25 bits per heavy atom. The van der Waals surface area contributed by atoms with E-state index in [9.17, 15) is 9.90 Å². The molecule has 1 aromatic rings. The molecule has 0 atom stereocenters. The third-order valence-electron chi connectivity index (χ3n) is 3.04. The van der Waals surface area contributed by atoms with Gasteiger partial charge in [0.1, 0.15) is 5.75 Å². The fourth-order valence-electron chi connectivity index (χ4n) is 2.09. The molecule has 0 saturated heterocycles. The van der Waals surface area contributed by atoms with Crippen LogP contribution >= 0.6 is 0 Å². The standard InChI is InChI=1S/C12H12N2O2/c13-6-8-1-2-11(16)5-12(8)9-3-10(4-9)14-7-15/h1-2,5,7,9-10,16H,3-4H2,(H,14,15). The Hall–Kier alpha value is -2.02. The van der Waals surface area contributed by atoms with Gasteiger partial charge in [0.15, 0.2) is 0 Å². The van der Waals surface area contributed by atoms with E-state index in [1.807, 2.05) is 0 Å². The summed E-state index contributed by atoms with van der Waals surface area (Å²) in [5, 5.41) is 21.0. The number of nitriles is 1. The minimum Gasteiger partial charge on any atom is -0.508 e. The average molecular weight is 216 g/mol. The Bertz CT molecular complexity index is 445. The van der Waals surface area contributed by atoms with Gasteiger partial charge in [0, 0.05) is 6.04 Å². The summed E-state index contributed by atoms with van der Waals surface area (Å²) in [7, 11) is 0. The van der Waals surface area contributed by atoms with Crippen LogP contribution in [0.1, 0.15) is 29.9 Å². The van der Waals surface area contributed by atoms with Crippen molar-refractivity contribution in [2.24, 2.45) is 0 Å². The maximum atomic E-state index is 10.2. The second-order valence-electron chi connectivity index (χ2n) is 4.03. The Balaban J connectivity index is 2.14. The molecule has 1 fully saturated rings. The number of amides is 1. The lowest BCUT2D eigenvalue weighted by Gasteiger charge is -2.35. The van der Waals surface area contributed by atoms with Crippen molar-refractivity contribution in [3.63, 3.8) is 0 Å². The highest BCUT2D eigenvalue weighted by atomic mass is 16.3. The van der Waals surface area contributed by atoms with Gasteiger partial charge >= 0.3 is 0 Å². The number of phenols is 1. The molecule has 2 rings (SSSR count). The van der Waals surface area contributed by atoms with Crippen molar-refractivity contribution < 1.29 is 9.90 Å². The largest absolute Gasteiger partial charge is 0.508 e. The highest BCUT2D eigenvalue weighted by Crippen LogP contribution is 2.39. The zero-order chi connectivity index (χ0) is 11.5. The second-order valence-corrected chi connectivity index (χ2v) is 4.03. The maximum Gasteiger partial charge on any atom is 0.207 e. The predicted molar refractivity (Wildman–Crippen MR) is 57.8 cm³/mol. The van der Waals surface area contributed by atoms with Gasteiger partial charge in [-0.15, -0.1) is 0 Å². The van der Waals surface area contributed by atoms with Crippen LogP contribution in [0.4, 0.5) is 0 Å². The summed E-state index contributed by atoms with van der Waals surface area (Å²) < 4.78 is 0. The predicted octanol–water partition coefficient (Wildman–Crippen LogP) is 1.26. The molecule has 0 unspecified atom stereocenters. The van der Waals surface area contributed by atoms with Crippen molar-refractivity contribution in [3.05, 3.63) is 29.3 Å². The van der Waals surface area contributed by atoms with Gasteiger partial charge in [0.2, 0.25) is 6.41 Å². The summed E-state index contributed by atoms with van der Waals surface area (Å²) in [6, 6.07) is 7.11. The van der Waals surface area contributed by atoms with E-state index in [4.69, 9.17) is 5.26 Å². The molecule has 1 aliphatic rings. The van der Waals surface area contributed by atoms with Gasteiger partial charge < -0.3 is 10.4 Å². The van der Waals surface area contributed by atoms with Crippen LogP contribution in [-0.2, 0) is 4.79 Å². The Morgan fingerprint density at radius 3 is 2.88 bits per heavy atom. The number of nitrogens with zero attached hydrogens (tertiary/aromatic N) is 1. The molecular weight excluding hydrogens is 204 g/mol. The van der Waals surface area contributed by atoms with E-state index in [1.165, 1.54) is 6.07 Å². The molecule has 82 valence electrons. The van der Waals surface area contributed by atoms with E-state index in [0.717, 1.165) is 18.4 Å². The van der Waals surface area contributed by atoms with Crippen LogP contribution in [0.15, 0.2) is 18.2 Å². The number of hydrogen-bond acceptors (Lipinski definition) is 3. The van der Waals surface area contributed by atoms with E-state index in [2.05, 4.69) is 11.4 Å². The van der Waals surface area contributed by atoms with Crippen LogP contribution < -0.4 is 5.32 Å². The molecule has 4 nitrogen and oxygen atoms in total. The molecule has 0 radical (unpaired) electrons. The smallest absolute Gasteiger partial charge is 0.207 e. The number of carbonyl (C=O) groups excluding carboxylic acids is 1. The van der Waals surface area contributed by atoms with Crippen LogP contribution in [0, 0.1) is 11.3 Å². The monoisotopic (exact) mass is 216 g/mol. The van der Waals surface area contributed by atoms with Crippen molar-refractivity contribution in [3.8, 4) is 11.8 Å². The van der Waals surface area contributed by atoms with Gasteiger partial charge in [-0.1, -0.05) is 0 Å². The van der Waals surface area contributed by atoms with Crippen molar-refractivity contribution in [2.75, 3.05) is 0 Å². The molecular formula is C12H12N2O2. The summed E-state index contributed by atoms with van der Waals surface area (Å²) in [5.41, 5.74) is 1.49. The van der Waals surface area contributed by atoms with Crippen LogP contribution in [0.3, 0.4) is 0 Å². The molecule has 0 aromatic heterocycles. The first-order chi connectivity index (χ1) is 7.74. The molecule has 1 amide bonds. The number of hydrogen-bond donors (Lipinski definition) is 2. The van der Waals surface area contributed by atoms with Crippen LogP contribution in [0.2, 0.25) is 0 Å². The molecule has 4 heteroatoms. The minimum absolute atomic E-state index is 0.181. The number of rotatable bonds is 3. The fraction of sp³-hybridized carbons (Fsp3) is 0.333. The molecule has 1 aliphatic carbocycles. The lowest BCUT2D eigenvalue weighted by molar-refractivity contribution is -0.110. The molecule has 16 heavy (non-hydrogen) atoms. The number of benzene rings is 1. The van der Waals surface area contributed by atoms with Gasteiger partial charge in [-0.2, -0.15) is 5.26 Å². The van der Waals surface area contributed by atoms with Crippen LogP contribution in [-0.4, -0.2) is 17.6 Å². The van der Waals surface area contributed by atoms with Crippen molar-refractivity contribution in [1.29, 1.82) is 5.26 Å². The van der Waals surface area contributed by atoms with E-state index in [-0.39, 0.29) is 17.7 Å². The molecule has 0 heterocycles. The Morgan fingerprint density at radius 1 is 1.50 bits per heavy atom. The zero-order valence-electron chi connectivity index (χ0n) is 8.68. The zero-order valence-corrected chi connectivity index (χ0v) is 8.68. The van der Waals surface area contributed by atoms with Crippen molar-refractivity contribution >= 4 is 6.41 Å². The summed E-state index contributed by atoms with van der Waals surface area (Å²) in [4.78, 5) is 10.2. The van der Waals surface area contributed by atoms with E-state index < -0.39 is 0 Å². The molecule has 0 bridgehead atoms. The lowest BCUT2D eigenvalue weighted by Crippen LogP contribution is -2.39. The van der Waals surface area contributed by atoms with Crippen molar-refractivity contribution in [1.82, 2.24) is 5.32 Å². The molecule has 0 aliphatic heterocycles. The first-order valence-electron chi connectivity index (χ1n) is 5.17. The topological polar surface area (TPSA) is 73.1 Å². The molecule has 0 spiro atoms. The Labute approximate surface area is 93.5 Å². The Kier molecular flexibility index (Phi) is 2.78. The number of phenolic OH excluding ortho intramolecular Hbond substituents is 1. The normalized spacial score (nSPS) is 22.9. The minimum atomic E-state index is 0.181. The lowest BCUT2D eigenvalue weighted by atomic mass is 9.74. The van der Waals surface area contributed by atoms with E-state index in [1.54, 1.807) is 12.1 Å². The van der Waals surface area contributed by atoms with Gasteiger partial charge in [-0.25, -0.2) is 0 Å². The van der Waals surface area contributed by atoms with Crippen molar-refractivity contribution in [2.45, 2.75) is 24.8 Å². The average Bonchev–Trinajstić information content (AvgIpc) is 2.23. The molecule has 1 aromatic carbocycles. The molecule has 2 N–H and O–H groups in total. The highest BCUT2D eigenvalue weighted by molar-refractivity contribution is 5.49. The summed E-state index contributed by atoms with van der Waals surface area (Å²) in [6.07, 6.45) is 2.36.